The highest BCUT2D eigenvalue weighted by Crippen LogP contribution is 2.06. The molecule has 0 saturated heterocycles. The minimum Gasteiger partial charge on any atom is -1.00 e. The predicted octanol–water partition coefficient (Wildman–Crippen LogP) is -4.79. The molecule has 0 aromatic heterocycles. The molecule has 0 spiro atoms. The van der Waals surface area contributed by atoms with Gasteiger partial charge in [-0.05, 0) is 19.2 Å². The Hall–Kier alpha value is -0.335. The average Bonchev–Trinajstić information content (AvgIpc) is 1.90. The SMILES string of the molecule is [B]N(C)c1ccccc1.[Cl-].[Cl-]. The lowest BCUT2D eigenvalue weighted by molar-refractivity contribution is -0.00100. The first-order chi connectivity index (χ1) is 4.30. The summed E-state index contributed by atoms with van der Waals surface area (Å²) in [4.78, 5) is 1.58. The molecule has 1 aromatic carbocycles. The number of hydrogen-bond donors (Lipinski definition) is 0. The van der Waals surface area contributed by atoms with Gasteiger partial charge in [0.15, 0.2) is 0 Å². The number of rotatable bonds is 1. The molecule has 2 radical (unpaired) electrons. The molecule has 0 saturated carbocycles. The molecule has 1 nitrogen and oxygen atoms in total. The van der Waals surface area contributed by atoms with Crippen molar-refractivity contribution in [3.63, 3.8) is 0 Å². The first kappa shape index (κ1) is 13.3. The van der Waals surface area contributed by atoms with Crippen molar-refractivity contribution in [1.29, 1.82) is 0 Å². The average molecular weight is 188 g/mol. The molecular formula is C7H8BCl2N-2. The van der Waals surface area contributed by atoms with Gasteiger partial charge < -0.3 is 29.6 Å². The van der Waals surface area contributed by atoms with Crippen molar-refractivity contribution < 1.29 is 24.8 Å². The molecule has 0 N–H and O–H groups in total. The Labute approximate surface area is 81.0 Å². The van der Waals surface area contributed by atoms with E-state index in [-0.39, 0.29) is 24.8 Å². The van der Waals surface area contributed by atoms with Gasteiger partial charge in [-0.25, -0.2) is 0 Å². The Balaban J connectivity index is 0. The second kappa shape index (κ2) is 6.38. The minimum atomic E-state index is 0. The molecule has 4 heteroatoms. The van der Waals surface area contributed by atoms with E-state index in [1.165, 1.54) is 0 Å². The van der Waals surface area contributed by atoms with Crippen LogP contribution < -0.4 is 29.6 Å². The number of anilines is 1. The molecule has 11 heavy (non-hydrogen) atoms. The van der Waals surface area contributed by atoms with Crippen molar-refractivity contribution in [3.8, 4) is 0 Å². The highest BCUT2D eigenvalue weighted by molar-refractivity contribution is 6.17. The number of para-hydroxylation sites is 1. The van der Waals surface area contributed by atoms with Crippen LogP contribution in [0, 0.1) is 0 Å². The lowest BCUT2D eigenvalue weighted by Gasteiger charge is -2.11. The third kappa shape index (κ3) is 4.17. The molecule has 0 amide bonds. The van der Waals surface area contributed by atoms with Crippen molar-refractivity contribution in [2.45, 2.75) is 0 Å². The fourth-order valence-electron chi connectivity index (χ4n) is 0.663. The summed E-state index contributed by atoms with van der Waals surface area (Å²) in [7, 11) is 7.26. The van der Waals surface area contributed by atoms with Crippen molar-refractivity contribution in [1.82, 2.24) is 0 Å². The topological polar surface area (TPSA) is 3.24 Å². The highest BCUT2D eigenvalue weighted by Gasteiger charge is 1.87. The van der Waals surface area contributed by atoms with E-state index in [2.05, 4.69) is 0 Å². The molecule has 0 unspecified atom stereocenters. The third-order valence-corrected chi connectivity index (χ3v) is 1.16. The van der Waals surface area contributed by atoms with Gasteiger partial charge in [0.25, 0.3) is 0 Å². The van der Waals surface area contributed by atoms with Crippen molar-refractivity contribution in [2.24, 2.45) is 0 Å². The second-order valence-electron chi connectivity index (χ2n) is 1.95. The zero-order valence-electron chi connectivity index (χ0n) is 6.17. The molecule has 0 aliphatic rings. The fraction of sp³-hybridized carbons (Fsp3) is 0.143. The van der Waals surface area contributed by atoms with Crippen LogP contribution in [0.5, 0.6) is 0 Å². The first-order valence-electron chi connectivity index (χ1n) is 2.84. The van der Waals surface area contributed by atoms with Crippen LogP contribution in [0.2, 0.25) is 0 Å². The summed E-state index contributed by atoms with van der Waals surface area (Å²) in [6.45, 7) is 0. The summed E-state index contributed by atoms with van der Waals surface area (Å²) in [5, 5.41) is 0. The van der Waals surface area contributed by atoms with E-state index in [0.29, 0.717) is 0 Å². The molecule has 0 fully saturated rings. The maximum absolute atomic E-state index is 5.45. The van der Waals surface area contributed by atoms with E-state index >= 15 is 0 Å². The van der Waals surface area contributed by atoms with E-state index in [1.807, 2.05) is 37.4 Å². The highest BCUT2D eigenvalue weighted by atomic mass is 35.5. The van der Waals surface area contributed by atoms with Crippen LogP contribution in [0.4, 0.5) is 5.69 Å². The van der Waals surface area contributed by atoms with Gasteiger partial charge in [-0.2, -0.15) is 0 Å². The standard InChI is InChI=1S/C7H8BN.2ClH/c1-9(8)7-5-3-2-4-6-7;;/h2-6H,1H3;2*1H/p-2. The van der Waals surface area contributed by atoms with Crippen LogP contribution in [0.3, 0.4) is 0 Å². The molecule has 60 valence electrons. The van der Waals surface area contributed by atoms with Crippen molar-refractivity contribution in [2.75, 3.05) is 11.9 Å². The molecule has 1 rings (SSSR count). The summed E-state index contributed by atoms with van der Waals surface area (Å²) >= 11 is 0. The Kier molecular flexibility index (Phi) is 7.70. The summed E-state index contributed by atoms with van der Waals surface area (Å²) in [5.41, 5.74) is 1.03. The minimum absolute atomic E-state index is 0. The molecule has 0 bridgehead atoms. The zero-order chi connectivity index (χ0) is 6.69. The van der Waals surface area contributed by atoms with Gasteiger partial charge in [0.1, 0.15) is 0 Å². The number of hydrogen-bond acceptors (Lipinski definition) is 1. The van der Waals surface area contributed by atoms with Crippen LogP contribution in [0.15, 0.2) is 30.3 Å². The van der Waals surface area contributed by atoms with E-state index in [0.717, 1.165) is 5.69 Å². The van der Waals surface area contributed by atoms with E-state index in [4.69, 9.17) is 7.98 Å². The van der Waals surface area contributed by atoms with Gasteiger partial charge in [0.2, 0.25) is 7.98 Å². The smallest absolute Gasteiger partial charge is 0.226 e. The van der Waals surface area contributed by atoms with Crippen molar-refractivity contribution in [3.05, 3.63) is 30.3 Å². The Morgan fingerprint density at radius 3 is 1.82 bits per heavy atom. The maximum Gasteiger partial charge on any atom is 0.226 e. The molecule has 0 aliphatic heterocycles. The lowest BCUT2D eigenvalue weighted by atomic mass is 10.2. The molecule has 1 aromatic rings. The van der Waals surface area contributed by atoms with Gasteiger partial charge in [0.05, 0.1) is 0 Å². The van der Waals surface area contributed by atoms with Gasteiger partial charge in [-0.15, -0.1) is 0 Å². The zero-order valence-corrected chi connectivity index (χ0v) is 7.68. The normalized spacial score (nSPS) is 7.36. The molecular weight excluding hydrogens is 180 g/mol. The number of nitrogens with zero attached hydrogens (tertiary/aromatic N) is 1. The maximum atomic E-state index is 5.45. The summed E-state index contributed by atoms with van der Waals surface area (Å²) in [6.07, 6.45) is 0. The summed E-state index contributed by atoms with van der Waals surface area (Å²) in [6, 6.07) is 9.80. The first-order valence-corrected chi connectivity index (χ1v) is 2.84. The molecule has 0 heterocycles. The monoisotopic (exact) mass is 187 g/mol. The van der Waals surface area contributed by atoms with Crippen LogP contribution in [0.25, 0.3) is 0 Å². The Morgan fingerprint density at radius 1 is 1.09 bits per heavy atom. The quantitative estimate of drug-likeness (QED) is 0.400. The van der Waals surface area contributed by atoms with E-state index < -0.39 is 0 Å². The molecule has 0 atom stereocenters. The van der Waals surface area contributed by atoms with Crippen LogP contribution in [-0.4, -0.2) is 15.0 Å². The Bertz CT molecular complexity index is 179. The van der Waals surface area contributed by atoms with Crippen LogP contribution in [0.1, 0.15) is 0 Å². The van der Waals surface area contributed by atoms with E-state index in [9.17, 15) is 0 Å². The van der Waals surface area contributed by atoms with Crippen molar-refractivity contribution >= 4 is 13.7 Å². The van der Waals surface area contributed by atoms with Crippen LogP contribution in [-0.2, 0) is 0 Å². The lowest BCUT2D eigenvalue weighted by Crippen LogP contribution is -3.00. The predicted molar refractivity (Wildman–Crippen MR) is 40.6 cm³/mol. The number of benzene rings is 1. The van der Waals surface area contributed by atoms with Gasteiger partial charge in [-0.3, -0.25) is 0 Å². The Morgan fingerprint density at radius 2 is 1.55 bits per heavy atom. The fourth-order valence-corrected chi connectivity index (χ4v) is 0.663. The summed E-state index contributed by atoms with van der Waals surface area (Å²) < 4.78 is 0. The number of halogens is 2. The van der Waals surface area contributed by atoms with Gasteiger partial charge in [-0.1, -0.05) is 18.2 Å². The third-order valence-electron chi connectivity index (χ3n) is 1.16. The van der Waals surface area contributed by atoms with E-state index in [1.54, 1.807) is 4.81 Å². The van der Waals surface area contributed by atoms with Gasteiger partial charge >= 0.3 is 0 Å². The summed E-state index contributed by atoms with van der Waals surface area (Å²) in [5.74, 6) is 0. The second-order valence-corrected chi connectivity index (χ2v) is 1.95. The van der Waals surface area contributed by atoms with Gasteiger partial charge in [0, 0.05) is 5.69 Å². The molecule has 0 aliphatic carbocycles. The largest absolute Gasteiger partial charge is 1.00 e. The van der Waals surface area contributed by atoms with Crippen LogP contribution >= 0.6 is 0 Å².